The number of hydrogen-bond donors (Lipinski definition) is 1. The zero-order chi connectivity index (χ0) is 18.6. The number of carbonyl (C=O) groups is 1. The molecule has 1 aromatic rings. The van der Waals surface area contributed by atoms with Gasteiger partial charge in [0.2, 0.25) is 15.9 Å². The standard InChI is InChI=1S/C20H30N2O3S/c1-2-16-9-11-17(12-10-16)14-20(23)22-13-5-8-19(15-22)26(24,25)21-18-6-3-4-7-18/h9-12,18-19,21H,2-8,13-15H2,1H3/t19-/m0/s1. The summed E-state index contributed by atoms with van der Waals surface area (Å²) in [6.07, 6.45) is 6.76. The number of aryl methyl sites for hydroxylation is 1. The summed E-state index contributed by atoms with van der Waals surface area (Å²) in [5.74, 6) is 0.0232. The predicted molar refractivity (Wildman–Crippen MR) is 103 cm³/mol. The Morgan fingerprint density at radius 2 is 1.73 bits per heavy atom. The van der Waals surface area contributed by atoms with E-state index in [2.05, 4.69) is 23.8 Å². The molecular formula is C20H30N2O3S. The first-order valence-corrected chi connectivity index (χ1v) is 11.4. The van der Waals surface area contributed by atoms with Gasteiger partial charge in [0.25, 0.3) is 0 Å². The lowest BCUT2D eigenvalue weighted by Crippen LogP contribution is -2.50. The van der Waals surface area contributed by atoms with E-state index in [0.717, 1.165) is 44.1 Å². The Bertz CT molecular complexity index is 709. The number of nitrogens with zero attached hydrogens (tertiary/aromatic N) is 1. The molecule has 0 bridgehead atoms. The Morgan fingerprint density at radius 1 is 1.08 bits per heavy atom. The lowest BCUT2D eigenvalue weighted by molar-refractivity contribution is -0.131. The van der Waals surface area contributed by atoms with Gasteiger partial charge in [-0.1, -0.05) is 44.0 Å². The molecule has 1 aromatic carbocycles. The second-order valence-corrected chi connectivity index (χ2v) is 9.59. The van der Waals surface area contributed by atoms with E-state index >= 15 is 0 Å². The van der Waals surface area contributed by atoms with Crippen molar-refractivity contribution in [1.82, 2.24) is 9.62 Å². The average Bonchev–Trinajstić information content (AvgIpc) is 3.15. The molecule has 1 saturated carbocycles. The number of amides is 1. The molecule has 5 nitrogen and oxygen atoms in total. The van der Waals surface area contributed by atoms with Crippen LogP contribution in [0, 0.1) is 0 Å². The minimum atomic E-state index is -3.36. The van der Waals surface area contributed by atoms with Crippen molar-refractivity contribution in [2.45, 2.75) is 69.6 Å². The largest absolute Gasteiger partial charge is 0.341 e. The summed E-state index contributed by atoms with van der Waals surface area (Å²) < 4.78 is 28.3. The fraction of sp³-hybridized carbons (Fsp3) is 0.650. The molecule has 26 heavy (non-hydrogen) atoms. The molecule has 3 rings (SSSR count). The van der Waals surface area contributed by atoms with Crippen LogP contribution in [0.1, 0.15) is 56.6 Å². The zero-order valence-corrected chi connectivity index (χ0v) is 16.4. The van der Waals surface area contributed by atoms with Crippen LogP contribution in [-0.2, 0) is 27.7 Å². The molecule has 2 fully saturated rings. The van der Waals surface area contributed by atoms with Crippen LogP contribution in [0.5, 0.6) is 0 Å². The Balaban J connectivity index is 1.58. The van der Waals surface area contributed by atoms with E-state index in [9.17, 15) is 13.2 Å². The predicted octanol–water partition coefficient (Wildman–Crippen LogP) is 2.64. The van der Waals surface area contributed by atoms with Crippen LogP contribution in [0.15, 0.2) is 24.3 Å². The maximum atomic E-state index is 12.7. The topological polar surface area (TPSA) is 66.5 Å². The van der Waals surface area contributed by atoms with Crippen LogP contribution in [0.3, 0.4) is 0 Å². The molecular weight excluding hydrogens is 348 g/mol. The minimum absolute atomic E-state index is 0.0232. The normalized spacial score (nSPS) is 21.9. The number of piperidine rings is 1. The summed E-state index contributed by atoms with van der Waals surface area (Å²) in [6.45, 7) is 3.07. The number of hydrogen-bond acceptors (Lipinski definition) is 3. The Hall–Kier alpha value is -1.40. The summed E-state index contributed by atoms with van der Waals surface area (Å²) in [5.41, 5.74) is 2.24. The minimum Gasteiger partial charge on any atom is -0.341 e. The summed E-state index contributed by atoms with van der Waals surface area (Å²) >= 11 is 0. The van der Waals surface area contributed by atoms with Crippen molar-refractivity contribution < 1.29 is 13.2 Å². The van der Waals surface area contributed by atoms with Crippen molar-refractivity contribution in [1.29, 1.82) is 0 Å². The van der Waals surface area contributed by atoms with Crippen molar-refractivity contribution in [2.24, 2.45) is 0 Å². The molecule has 1 aliphatic heterocycles. The van der Waals surface area contributed by atoms with Gasteiger partial charge in [0.15, 0.2) is 0 Å². The van der Waals surface area contributed by atoms with E-state index in [4.69, 9.17) is 0 Å². The smallest absolute Gasteiger partial charge is 0.227 e. The van der Waals surface area contributed by atoms with Gasteiger partial charge < -0.3 is 4.90 Å². The summed E-state index contributed by atoms with van der Waals surface area (Å²) in [7, 11) is -3.36. The highest BCUT2D eigenvalue weighted by atomic mass is 32.2. The van der Waals surface area contributed by atoms with Crippen LogP contribution < -0.4 is 4.72 Å². The van der Waals surface area contributed by atoms with Crippen LogP contribution >= 0.6 is 0 Å². The molecule has 1 heterocycles. The highest BCUT2D eigenvalue weighted by Gasteiger charge is 2.34. The molecule has 1 N–H and O–H groups in total. The van der Waals surface area contributed by atoms with E-state index in [0.29, 0.717) is 25.9 Å². The fourth-order valence-corrected chi connectivity index (χ4v) is 5.72. The fourth-order valence-electron chi connectivity index (χ4n) is 3.97. The second-order valence-electron chi connectivity index (χ2n) is 7.60. The van der Waals surface area contributed by atoms with E-state index in [-0.39, 0.29) is 11.9 Å². The number of benzene rings is 1. The first-order valence-electron chi connectivity index (χ1n) is 9.84. The molecule has 0 aromatic heterocycles. The van der Waals surface area contributed by atoms with Gasteiger partial charge in [-0.25, -0.2) is 13.1 Å². The summed E-state index contributed by atoms with van der Waals surface area (Å²) in [5, 5.41) is -0.483. The third-order valence-corrected chi connectivity index (χ3v) is 7.57. The quantitative estimate of drug-likeness (QED) is 0.827. The van der Waals surface area contributed by atoms with Crippen LogP contribution in [0.25, 0.3) is 0 Å². The lowest BCUT2D eigenvalue weighted by Gasteiger charge is -2.33. The molecule has 0 spiro atoms. The van der Waals surface area contributed by atoms with Crippen molar-refractivity contribution >= 4 is 15.9 Å². The molecule has 1 aliphatic carbocycles. The maximum Gasteiger partial charge on any atom is 0.227 e. The van der Waals surface area contributed by atoms with Crippen LogP contribution in [0.4, 0.5) is 0 Å². The summed E-state index contributed by atoms with van der Waals surface area (Å²) in [4.78, 5) is 14.4. The molecule has 1 saturated heterocycles. The molecule has 144 valence electrons. The molecule has 2 aliphatic rings. The van der Waals surface area contributed by atoms with Crippen LogP contribution in [-0.4, -0.2) is 43.6 Å². The van der Waals surface area contributed by atoms with Gasteiger partial charge in [0, 0.05) is 19.1 Å². The lowest BCUT2D eigenvalue weighted by atomic mass is 10.1. The van der Waals surface area contributed by atoms with Gasteiger partial charge in [-0.15, -0.1) is 0 Å². The van der Waals surface area contributed by atoms with E-state index in [1.54, 1.807) is 4.90 Å². The van der Waals surface area contributed by atoms with Gasteiger partial charge in [-0.3, -0.25) is 4.79 Å². The third-order valence-electron chi connectivity index (χ3n) is 5.64. The third kappa shape index (κ3) is 4.86. The van der Waals surface area contributed by atoms with Crippen LogP contribution in [0.2, 0.25) is 0 Å². The van der Waals surface area contributed by atoms with Gasteiger partial charge in [-0.2, -0.15) is 0 Å². The number of sulfonamides is 1. The first-order chi connectivity index (χ1) is 12.5. The maximum absolute atomic E-state index is 12.7. The SMILES string of the molecule is CCc1ccc(CC(=O)N2CCC[C@H](S(=O)(=O)NC3CCCC3)C2)cc1. The summed E-state index contributed by atoms with van der Waals surface area (Å²) in [6, 6.07) is 8.19. The average molecular weight is 379 g/mol. The van der Waals surface area contributed by atoms with Crippen molar-refractivity contribution in [3.05, 3.63) is 35.4 Å². The molecule has 0 unspecified atom stereocenters. The highest BCUT2D eigenvalue weighted by Crippen LogP contribution is 2.22. The first kappa shape index (κ1) is 19.4. The Kier molecular flexibility index (Phi) is 6.35. The monoisotopic (exact) mass is 378 g/mol. The van der Waals surface area contributed by atoms with Gasteiger partial charge in [0.1, 0.15) is 0 Å². The molecule has 1 atom stereocenters. The van der Waals surface area contributed by atoms with Gasteiger partial charge in [0.05, 0.1) is 11.7 Å². The number of rotatable bonds is 6. The van der Waals surface area contributed by atoms with Crippen molar-refractivity contribution in [3.63, 3.8) is 0 Å². The van der Waals surface area contributed by atoms with Gasteiger partial charge in [-0.05, 0) is 43.2 Å². The zero-order valence-electron chi connectivity index (χ0n) is 15.6. The number of carbonyl (C=O) groups excluding carboxylic acids is 1. The Labute approximate surface area is 157 Å². The number of likely N-dealkylation sites (tertiary alicyclic amines) is 1. The Morgan fingerprint density at radius 3 is 2.38 bits per heavy atom. The van der Waals surface area contributed by atoms with E-state index in [1.165, 1.54) is 5.56 Å². The second kappa shape index (κ2) is 8.53. The van der Waals surface area contributed by atoms with Crippen molar-refractivity contribution in [2.75, 3.05) is 13.1 Å². The van der Waals surface area contributed by atoms with E-state index < -0.39 is 15.3 Å². The number of nitrogens with one attached hydrogen (secondary N) is 1. The van der Waals surface area contributed by atoms with E-state index in [1.807, 2.05) is 12.1 Å². The van der Waals surface area contributed by atoms with Crippen molar-refractivity contribution in [3.8, 4) is 0 Å². The molecule has 6 heteroatoms. The highest BCUT2D eigenvalue weighted by molar-refractivity contribution is 7.90. The molecule has 1 amide bonds. The molecule has 0 radical (unpaired) electrons. The van der Waals surface area contributed by atoms with Gasteiger partial charge >= 0.3 is 0 Å².